The first-order valence-electron chi connectivity index (χ1n) is 8.51. The summed E-state index contributed by atoms with van der Waals surface area (Å²) in [7, 11) is 0. The van der Waals surface area contributed by atoms with Crippen molar-refractivity contribution in [3.8, 4) is 0 Å². The molecule has 27 heavy (non-hydrogen) atoms. The summed E-state index contributed by atoms with van der Waals surface area (Å²) in [4.78, 5) is 32.9. The highest BCUT2D eigenvalue weighted by atomic mass is 16.6. The third kappa shape index (κ3) is 5.34. The normalized spacial score (nSPS) is 11.9. The molecule has 1 N–H and O–H groups in total. The van der Waals surface area contributed by atoms with Crippen LogP contribution in [0.15, 0.2) is 42.5 Å². The molecule has 0 unspecified atom stereocenters. The second-order valence-electron chi connectivity index (χ2n) is 6.80. The highest BCUT2D eigenvalue weighted by molar-refractivity contribution is 5.96. The van der Waals surface area contributed by atoms with E-state index in [4.69, 9.17) is 0 Å². The van der Waals surface area contributed by atoms with E-state index < -0.39 is 33.0 Å². The van der Waals surface area contributed by atoms with Gasteiger partial charge < -0.3 is 5.32 Å². The largest absolute Gasteiger partial charge is 0.325 e. The number of nitrogens with zero attached hydrogens (tertiary/aromatic N) is 2. The van der Waals surface area contributed by atoms with E-state index in [1.54, 1.807) is 6.92 Å². The minimum Gasteiger partial charge on any atom is -0.325 e. The molecule has 0 aromatic heterocycles. The molecule has 0 aliphatic carbocycles. The van der Waals surface area contributed by atoms with Crippen molar-refractivity contribution in [3.05, 3.63) is 73.8 Å². The quantitative estimate of drug-likeness (QED) is 0.570. The number of hydrogen-bond acceptors (Lipinski definition) is 5. The summed E-state index contributed by atoms with van der Waals surface area (Å²) >= 11 is 0. The van der Waals surface area contributed by atoms with Crippen molar-refractivity contribution in [2.24, 2.45) is 5.92 Å². The summed E-state index contributed by atoms with van der Waals surface area (Å²) in [6.45, 7) is 5.96. The lowest BCUT2D eigenvalue weighted by atomic mass is 9.96. The number of hydrogen-bond donors (Lipinski definition) is 1. The second kappa shape index (κ2) is 8.39. The predicted molar refractivity (Wildman–Crippen MR) is 102 cm³/mol. The highest BCUT2D eigenvalue weighted by Crippen LogP contribution is 2.27. The van der Waals surface area contributed by atoms with Crippen LogP contribution in [0.1, 0.15) is 37.8 Å². The standard InChI is InChI=1S/C19H21N3O5/c1-12(2)8-14-4-6-15(7-5-14)13(3)19(23)20-16-9-17(21(24)25)11-18(10-16)22(26)27/h4-7,9-13H,8H2,1-3H3,(H,20,23)/t13-/m1/s1. The van der Waals surface area contributed by atoms with Gasteiger partial charge in [-0.3, -0.25) is 25.0 Å². The minimum atomic E-state index is -0.737. The molecule has 0 aliphatic heterocycles. The fourth-order valence-corrected chi connectivity index (χ4v) is 2.69. The molecule has 2 aromatic rings. The van der Waals surface area contributed by atoms with Gasteiger partial charge in [0, 0.05) is 12.1 Å². The lowest BCUT2D eigenvalue weighted by molar-refractivity contribution is -0.394. The van der Waals surface area contributed by atoms with Crippen molar-refractivity contribution < 1.29 is 14.6 Å². The Morgan fingerprint density at radius 2 is 1.48 bits per heavy atom. The molecule has 8 heteroatoms. The van der Waals surface area contributed by atoms with Gasteiger partial charge in [0.1, 0.15) is 0 Å². The molecule has 1 atom stereocenters. The molecule has 2 aromatic carbocycles. The zero-order chi connectivity index (χ0) is 20.1. The number of nitro groups is 2. The van der Waals surface area contributed by atoms with E-state index >= 15 is 0 Å². The van der Waals surface area contributed by atoms with Crippen LogP contribution >= 0.6 is 0 Å². The number of nitrogens with one attached hydrogen (secondary N) is 1. The Balaban J connectivity index is 2.18. The third-order valence-electron chi connectivity index (χ3n) is 4.11. The van der Waals surface area contributed by atoms with Gasteiger partial charge in [-0.1, -0.05) is 38.1 Å². The maximum Gasteiger partial charge on any atom is 0.278 e. The minimum absolute atomic E-state index is 0.0178. The first-order valence-corrected chi connectivity index (χ1v) is 8.51. The molecule has 0 bridgehead atoms. The van der Waals surface area contributed by atoms with Gasteiger partial charge in [-0.25, -0.2) is 0 Å². The first kappa shape index (κ1) is 20.0. The van der Waals surface area contributed by atoms with E-state index in [1.807, 2.05) is 24.3 Å². The lowest BCUT2D eigenvalue weighted by Crippen LogP contribution is -2.19. The summed E-state index contributed by atoms with van der Waals surface area (Å²) in [5.41, 5.74) is 1.08. The van der Waals surface area contributed by atoms with Crippen molar-refractivity contribution in [3.63, 3.8) is 0 Å². The van der Waals surface area contributed by atoms with Gasteiger partial charge in [-0.15, -0.1) is 0 Å². The molecule has 0 saturated heterocycles. The Bertz CT molecular complexity index is 830. The molecule has 0 radical (unpaired) electrons. The van der Waals surface area contributed by atoms with Gasteiger partial charge in [0.25, 0.3) is 11.4 Å². The molecule has 2 rings (SSSR count). The van der Waals surface area contributed by atoms with E-state index in [1.165, 1.54) is 5.56 Å². The molecule has 142 valence electrons. The molecule has 0 fully saturated rings. The number of anilines is 1. The summed E-state index contributed by atoms with van der Waals surface area (Å²) in [6, 6.07) is 10.7. The zero-order valence-corrected chi connectivity index (χ0v) is 15.3. The van der Waals surface area contributed by atoms with E-state index in [0.29, 0.717) is 5.92 Å². The molecule has 0 aliphatic rings. The van der Waals surface area contributed by atoms with Crippen LogP contribution in [0.5, 0.6) is 0 Å². The van der Waals surface area contributed by atoms with Crippen molar-refractivity contribution in [1.82, 2.24) is 0 Å². The van der Waals surface area contributed by atoms with Crippen molar-refractivity contribution >= 4 is 23.0 Å². The average molecular weight is 371 g/mol. The first-order chi connectivity index (χ1) is 12.7. The van der Waals surface area contributed by atoms with E-state index in [9.17, 15) is 25.0 Å². The molecule has 8 nitrogen and oxygen atoms in total. The maximum atomic E-state index is 12.5. The summed E-state index contributed by atoms with van der Waals surface area (Å²) in [5.74, 6) is -0.390. The van der Waals surface area contributed by atoms with Gasteiger partial charge in [0.15, 0.2) is 0 Å². The fourth-order valence-electron chi connectivity index (χ4n) is 2.69. The van der Waals surface area contributed by atoms with Crippen LogP contribution < -0.4 is 5.32 Å². The van der Waals surface area contributed by atoms with Crippen molar-refractivity contribution in [1.29, 1.82) is 0 Å². The van der Waals surface area contributed by atoms with Crippen LogP contribution in [0, 0.1) is 26.1 Å². The van der Waals surface area contributed by atoms with E-state index in [0.717, 1.165) is 30.2 Å². The molecule has 0 heterocycles. The van der Waals surface area contributed by atoms with Crippen LogP contribution in [-0.2, 0) is 11.2 Å². The number of benzene rings is 2. The topological polar surface area (TPSA) is 115 Å². The molecule has 0 saturated carbocycles. The molecule has 0 spiro atoms. The van der Waals surface area contributed by atoms with Crippen LogP contribution in [-0.4, -0.2) is 15.8 Å². The van der Waals surface area contributed by atoms with Gasteiger partial charge >= 0.3 is 0 Å². The number of carbonyl (C=O) groups is 1. The number of nitro benzene ring substituents is 2. The lowest BCUT2D eigenvalue weighted by Gasteiger charge is -2.13. The third-order valence-corrected chi connectivity index (χ3v) is 4.11. The van der Waals surface area contributed by atoms with Crippen LogP contribution in [0.2, 0.25) is 0 Å². The molecular formula is C19H21N3O5. The van der Waals surface area contributed by atoms with Gasteiger partial charge in [-0.2, -0.15) is 0 Å². The Morgan fingerprint density at radius 1 is 0.963 bits per heavy atom. The molecular weight excluding hydrogens is 350 g/mol. The Kier molecular flexibility index (Phi) is 6.23. The summed E-state index contributed by atoms with van der Waals surface area (Å²) in [5, 5.41) is 24.4. The molecule has 1 amide bonds. The van der Waals surface area contributed by atoms with E-state index in [-0.39, 0.29) is 5.69 Å². The SMILES string of the molecule is CC(C)Cc1ccc([C@@H](C)C(=O)Nc2cc([N+](=O)[O-])cc([N+](=O)[O-])c2)cc1. The monoisotopic (exact) mass is 371 g/mol. The zero-order valence-electron chi connectivity index (χ0n) is 15.3. The Labute approximate surface area is 156 Å². The Hall–Kier alpha value is -3.29. The second-order valence-corrected chi connectivity index (χ2v) is 6.80. The van der Waals surface area contributed by atoms with Crippen molar-refractivity contribution in [2.75, 3.05) is 5.32 Å². The fraction of sp³-hybridized carbons (Fsp3) is 0.316. The summed E-state index contributed by atoms with van der Waals surface area (Å²) < 4.78 is 0. The maximum absolute atomic E-state index is 12.5. The van der Waals surface area contributed by atoms with Gasteiger partial charge in [0.05, 0.1) is 27.5 Å². The van der Waals surface area contributed by atoms with Crippen molar-refractivity contribution in [2.45, 2.75) is 33.1 Å². The van der Waals surface area contributed by atoms with Crippen LogP contribution in [0.4, 0.5) is 17.1 Å². The average Bonchev–Trinajstić information content (AvgIpc) is 2.60. The van der Waals surface area contributed by atoms with Crippen LogP contribution in [0.25, 0.3) is 0 Å². The van der Waals surface area contributed by atoms with E-state index in [2.05, 4.69) is 19.2 Å². The number of rotatable bonds is 7. The summed E-state index contributed by atoms with van der Waals surface area (Å²) in [6.07, 6.45) is 0.943. The number of carbonyl (C=O) groups excluding carboxylic acids is 1. The smallest absolute Gasteiger partial charge is 0.278 e. The highest BCUT2D eigenvalue weighted by Gasteiger charge is 2.20. The van der Waals surface area contributed by atoms with Gasteiger partial charge in [0.2, 0.25) is 5.91 Å². The number of non-ortho nitro benzene ring substituents is 2. The number of amides is 1. The van der Waals surface area contributed by atoms with Crippen LogP contribution in [0.3, 0.4) is 0 Å². The van der Waals surface area contributed by atoms with Gasteiger partial charge in [-0.05, 0) is 30.4 Å². The predicted octanol–water partition coefficient (Wildman–Crippen LogP) is 4.44. The Morgan fingerprint density at radius 3 is 1.93 bits per heavy atom.